The second-order valence-corrected chi connectivity index (χ2v) is 9.66. The Hall–Kier alpha value is -2.06. The molecule has 2 unspecified atom stereocenters. The van der Waals surface area contributed by atoms with Gasteiger partial charge in [-0.3, -0.25) is 9.59 Å². The van der Waals surface area contributed by atoms with Gasteiger partial charge in [-0.2, -0.15) is 0 Å². The molecule has 0 bridgehead atoms. The average molecular weight is 431 g/mol. The number of carbonyl (C=O) groups is 2. The van der Waals surface area contributed by atoms with Crippen LogP contribution in [0.15, 0.2) is 0 Å². The number of hydrogen-bond donors (Lipinski definition) is 0. The number of aryl methyl sites for hydroxylation is 3. The minimum Gasteiger partial charge on any atom is -0.372 e. The molecule has 2 aromatic rings. The first kappa shape index (κ1) is 21.2. The molecule has 4 rings (SSSR count). The molecular weight excluding hydrogens is 400 g/mol. The molecule has 2 aromatic heterocycles. The Kier molecular flexibility index (Phi) is 5.81. The smallest absolute Gasteiger partial charge is 0.264 e. The van der Waals surface area contributed by atoms with Crippen LogP contribution >= 0.6 is 11.3 Å². The molecule has 2 saturated heterocycles. The number of aromatic nitrogens is 2. The molecule has 2 aliphatic heterocycles. The van der Waals surface area contributed by atoms with Gasteiger partial charge in [0.25, 0.3) is 5.91 Å². The highest BCUT2D eigenvalue weighted by atomic mass is 32.1. The van der Waals surface area contributed by atoms with Crippen LogP contribution in [0.25, 0.3) is 10.2 Å². The van der Waals surface area contributed by atoms with Crippen LogP contribution in [-0.2, 0) is 9.53 Å². The van der Waals surface area contributed by atoms with Crippen LogP contribution in [0.4, 0.5) is 0 Å². The summed E-state index contributed by atoms with van der Waals surface area (Å²) in [5.41, 5.74) is 1.88. The van der Waals surface area contributed by atoms with E-state index in [4.69, 9.17) is 4.74 Å². The van der Waals surface area contributed by atoms with Crippen molar-refractivity contribution in [1.82, 2.24) is 19.8 Å². The van der Waals surface area contributed by atoms with Crippen molar-refractivity contribution < 1.29 is 14.3 Å². The van der Waals surface area contributed by atoms with Gasteiger partial charge in [0, 0.05) is 43.2 Å². The predicted molar refractivity (Wildman–Crippen MR) is 117 cm³/mol. The van der Waals surface area contributed by atoms with Crippen molar-refractivity contribution in [2.24, 2.45) is 5.92 Å². The molecule has 0 radical (unpaired) electrons. The lowest BCUT2D eigenvalue weighted by Crippen LogP contribution is -2.51. The quantitative estimate of drug-likeness (QED) is 0.732. The van der Waals surface area contributed by atoms with Crippen molar-refractivity contribution in [3.8, 4) is 0 Å². The van der Waals surface area contributed by atoms with Gasteiger partial charge in [0.2, 0.25) is 5.91 Å². The molecule has 162 valence electrons. The number of hydrogen-bond acceptors (Lipinski definition) is 6. The molecule has 2 atom stereocenters. The Balaban J connectivity index is 1.44. The summed E-state index contributed by atoms with van der Waals surface area (Å²) >= 11 is 1.45. The Bertz CT molecular complexity index is 970. The number of amides is 2. The van der Waals surface area contributed by atoms with Gasteiger partial charge < -0.3 is 14.5 Å². The van der Waals surface area contributed by atoms with Gasteiger partial charge in [-0.05, 0) is 53.0 Å². The van der Waals surface area contributed by atoms with Gasteiger partial charge in [0.05, 0.1) is 17.1 Å². The maximum atomic E-state index is 13.2. The van der Waals surface area contributed by atoms with E-state index in [-0.39, 0.29) is 29.9 Å². The van der Waals surface area contributed by atoms with Crippen molar-refractivity contribution >= 4 is 33.4 Å². The fourth-order valence-electron chi connectivity index (χ4n) is 4.77. The second-order valence-electron chi connectivity index (χ2n) is 8.66. The number of nitrogens with zero attached hydrogens (tertiary/aromatic N) is 4. The fourth-order valence-corrected chi connectivity index (χ4v) is 6.01. The van der Waals surface area contributed by atoms with Crippen molar-refractivity contribution in [2.75, 3.05) is 26.2 Å². The molecule has 2 fully saturated rings. The monoisotopic (exact) mass is 430 g/mol. The summed E-state index contributed by atoms with van der Waals surface area (Å²) in [7, 11) is 0. The van der Waals surface area contributed by atoms with Crippen molar-refractivity contribution in [2.45, 2.75) is 59.7 Å². The standard InChI is InChI=1S/C22H30N4O3S/c1-12-10-26(11-13(2)29-12)21(27)17-6-8-25(9-7-17)22(28)19-14(3)18-15(4)23-16(5)24-20(18)30-19/h12-13,17H,6-11H2,1-5H3. The Labute approximate surface area is 181 Å². The van der Waals surface area contributed by atoms with Crippen LogP contribution < -0.4 is 0 Å². The molecule has 0 aromatic carbocycles. The Morgan fingerprint density at radius 1 is 1.00 bits per heavy atom. The number of rotatable bonds is 2. The lowest BCUT2D eigenvalue weighted by Gasteiger charge is -2.39. The summed E-state index contributed by atoms with van der Waals surface area (Å²) in [5, 5.41) is 0.995. The minimum absolute atomic E-state index is 0.00850. The summed E-state index contributed by atoms with van der Waals surface area (Å²) in [6.45, 7) is 12.4. The Morgan fingerprint density at radius 3 is 2.27 bits per heavy atom. The van der Waals surface area contributed by atoms with Gasteiger partial charge >= 0.3 is 0 Å². The summed E-state index contributed by atoms with van der Waals surface area (Å²) < 4.78 is 5.75. The molecule has 2 aliphatic rings. The minimum atomic E-state index is -0.00850. The van der Waals surface area contributed by atoms with Crippen LogP contribution in [0.1, 0.15) is 53.4 Å². The van der Waals surface area contributed by atoms with E-state index in [0.717, 1.165) is 32.2 Å². The van der Waals surface area contributed by atoms with Crippen molar-refractivity contribution in [3.05, 3.63) is 22.0 Å². The molecule has 8 heteroatoms. The maximum Gasteiger partial charge on any atom is 0.264 e. The lowest BCUT2D eigenvalue weighted by atomic mass is 9.94. The van der Waals surface area contributed by atoms with E-state index < -0.39 is 0 Å². The van der Waals surface area contributed by atoms with E-state index in [9.17, 15) is 9.59 Å². The van der Waals surface area contributed by atoms with Gasteiger partial charge in [-0.25, -0.2) is 9.97 Å². The predicted octanol–water partition coefficient (Wildman–Crippen LogP) is 3.10. The third-order valence-corrected chi connectivity index (χ3v) is 7.31. The average Bonchev–Trinajstić information content (AvgIpc) is 3.02. The molecule has 0 aliphatic carbocycles. The molecule has 4 heterocycles. The molecule has 30 heavy (non-hydrogen) atoms. The summed E-state index contributed by atoms with van der Waals surface area (Å²) in [6.07, 6.45) is 1.58. The van der Waals surface area contributed by atoms with Gasteiger partial charge in [-0.1, -0.05) is 0 Å². The number of ether oxygens (including phenoxy) is 1. The lowest BCUT2D eigenvalue weighted by molar-refractivity contribution is -0.148. The van der Waals surface area contributed by atoms with Crippen molar-refractivity contribution in [3.63, 3.8) is 0 Å². The largest absolute Gasteiger partial charge is 0.372 e. The maximum absolute atomic E-state index is 13.2. The molecular formula is C22H30N4O3S. The number of fused-ring (bicyclic) bond motifs is 1. The topological polar surface area (TPSA) is 75.6 Å². The van der Waals surface area contributed by atoms with E-state index in [1.807, 2.05) is 44.4 Å². The van der Waals surface area contributed by atoms with Crippen LogP contribution in [0, 0.1) is 26.7 Å². The van der Waals surface area contributed by atoms with Crippen LogP contribution in [-0.4, -0.2) is 70.0 Å². The number of morpholine rings is 1. The normalized spacial score (nSPS) is 23.2. The zero-order valence-electron chi connectivity index (χ0n) is 18.4. The SMILES string of the molecule is Cc1nc(C)c2c(C)c(C(=O)N3CCC(C(=O)N4CC(C)OC(C)C4)CC3)sc2n1. The van der Waals surface area contributed by atoms with Gasteiger partial charge in [0.15, 0.2) is 0 Å². The number of piperidine rings is 1. The highest BCUT2D eigenvalue weighted by Crippen LogP contribution is 2.33. The number of carbonyl (C=O) groups excluding carboxylic acids is 2. The summed E-state index contributed by atoms with van der Waals surface area (Å²) in [5.74, 6) is 0.979. The third kappa shape index (κ3) is 3.95. The van der Waals surface area contributed by atoms with Gasteiger partial charge in [0.1, 0.15) is 10.7 Å². The van der Waals surface area contributed by atoms with E-state index in [2.05, 4.69) is 9.97 Å². The zero-order valence-corrected chi connectivity index (χ0v) is 19.2. The van der Waals surface area contributed by atoms with Crippen LogP contribution in [0.2, 0.25) is 0 Å². The van der Waals surface area contributed by atoms with E-state index in [1.54, 1.807) is 0 Å². The third-order valence-electron chi connectivity index (χ3n) is 6.14. The first-order chi connectivity index (χ1) is 14.2. The first-order valence-electron chi connectivity index (χ1n) is 10.7. The summed E-state index contributed by atoms with van der Waals surface area (Å²) in [4.78, 5) is 40.6. The second kappa shape index (κ2) is 8.23. The van der Waals surface area contributed by atoms with Crippen molar-refractivity contribution in [1.29, 1.82) is 0 Å². The van der Waals surface area contributed by atoms with E-state index in [1.165, 1.54) is 11.3 Å². The first-order valence-corrected chi connectivity index (χ1v) is 11.5. The highest BCUT2D eigenvalue weighted by molar-refractivity contribution is 7.20. The van der Waals surface area contributed by atoms with Gasteiger partial charge in [-0.15, -0.1) is 11.3 Å². The Morgan fingerprint density at radius 2 is 1.63 bits per heavy atom. The molecule has 7 nitrogen and oxygen atoms in total. The molecule has 0 spiro atoms. The zero-order chi connectivity index (χ0) is 21.6. The molecule has 0 saturated carbocycles. The fraction of sp³-hybridized carbons (Fsp3) is 0.636. The van der Waals surface area contributed by atoms with E-state index in [0.29, 0.717) is 39.0 Å². The van der Waals surface area contributed by atoms with Crippen LogP contribution in [0.5, 0.6) is 0 Å². The highest BCUT2D eigenvalue weighted by Gasteiger charge is 2.34. The molecule has 2 amide bonds. The number of likely N-dealkylation sites (tertiary alicyclic amines) is 1. The number of thiophene rings is 1. The molecule has 0 N–H and O–H groups in total. The van der Waals surface area contributed by atoms with Crippen LogP contribution in [0.3, 0.4) is 0 Å². The van der Waals surface area contributed by atoms with E-state index >= 15 is 0 Å². The summed E-state index contributed by atoms with van der Waals surface area (Å²) in [6, 6.07) is 0.